The maximum atomic E-state index is 14.1. The number of carbonyl (C=O) groups excluding carboxylic acids is 1. The van der Waals surface area contributed by atoms with E-state index in [9.17, 15) is 9.18 Å². The number of nitrogens with zero attached hydrogens (tertiary/aromatic N) is 2. The molecule has 0 saturated heterocycles. The number of rotatable bonds is 6. The number of aromatic nitrogens is 2. The van der Waals surface area contributed by atoms with Crippen LogP contribution in [0, 0.1) is 5.82 Å². The van der Waals surface area contributed by atoms with Crippen LogP contribution in [0.25, 0.3) is 11.0 Å². The van der Waals surface area contributed by atoms with Crippen LogP contribution in [0.2, 0.25) is 5.02 Å². The Hall–Kier alpha value is -3.18. The predicted molar refractivity (Wildman–Crippen MR) is 117 cm³/mol. The van der Waals surface area contributed by atoms with Crippen LogP contribution in [-0.2, 0) is 6.54 Å². The molecule has 1 aromatic heterocycles. The number of amides is 1. The lowest BCUT2D eigenvalue weighted by Crippen LogP contribution is -2.28. The molecular formula is C24H21ClFN3O. The average molecular weight is 422 g/mol. The Morgan fingerprint density at radius 1 is 1.13 bits per heavy atom. The lowest BCUT2D eigenvalue weighted by molar-refractivity contribution is 0.0935. The summed E-state index contributed by atoms with van der Waals surface area (Å²) in [6.07, 6.45) is 2.35. The molecule has 30 heavy (non-hydrogen) atoms. The molecule has 0 radical (unpaired) electrons. The molecule has 4 rings (SSSR count). The van der Waals surface area contributed by atoms with Crippen LogP contribution in [0.15, 0.2) is 73.1 Å². The maximum Gasteiger partial charge on any atom is 0.251 e. The molecule has 0 saturated carbocycles. The Labute approximate surface area is 179 Å². The fourth-order valence-electron chi connectivity index (χ4n) is 3.52. The van der Waals surface area contributed by atoms with Gasteiger partial charge < -0.3 is 9.88 Å². The molecule has 4 aromatic rings. The van der Waals surface area contributed by atoms with E-state index in [1.807, 2.05) is 41.8 Å². The van der Waals surface area contributed by atoms with Gasteiger partial charge in [-0.2, -0.15) is 0 Å². The zero-order valence-corrected chi connectivity index (χ0v) is 17.2. The first-order valence-electron chi connectivity index (χ1n) is 9.79. The van der Waals surface area contributed by atoms with Gasteiger partial charge in [0, 0.05) is 22.7 Å². The number of carbonyl (C=O) groups is 1. The normalized spacial score (nSPS) is 12.1. The minimum Gasteiger partial charge on any atom is -0.345 e. The summed E-state index contributed by atoms with van der Waals surface area (Å²) in [4.78, 5) is 17.2. The maximum absolute atomic E-state index is 14.1. The summed E-state index contributed by atoms with van der Waals surface area (Å²) < 4.78 is 16.1. The van der Waals surface area contributed by atoms with Crippen LogP contribution in [0.3, 0.4) is 0 Å². The third-order valence-corrected chi connectivity index (χ3v) is 5.40. The van der Waals surface area contributed by atoms with Crippen molar-refractivity contribution in [3.05, 3.63) is 101 Å². The third kappa shape index (κ3) is 4.21. The summed E-state index contributed by atoms with van der Waals surface area (Å²) in [5.41, 5.74) is 3.75. The Morgan fingerprint density at radius 2 is 1.90 bits per heavy atom. The fourth-order valence-corrected chi connectivity index (χ4v) is 3.64. The Morgan fingerprint density at radius 3 is 2.63 bits per heavy atom. The van der Waals surface area contributed by atoms with E-state index in [0.29, 0.717) is 29.1 Å². The van der Waals surface area contributed by atoms with Crippen molar-refractivity contribution < 1.29 is 9.18 Å². The third-order valence-electron chi connectivity index (χ3n) is 5.14. The highest BCUT2D eigenvalue weighted by Crippen LogP contribution is 2.22. The molecule has 0 fully saturated rings. The molecule has 0 spiro atoms. The van der Waals surface area contributed by atoms with Crippen LogP contribution in [0.4, 0.5) is 4.39 Å². The highest BCUT2D eigenvalue weighted by atomic mass is 35.5. The van der Waals surface area contributed by atoms with Crippen molar-refractivity contribution in [2.75, 3.05) is 0 Å². The van der Waals surface area contributed by atoms with Gasteiger partial charge in [-0.05, 0) is 48.4 Å². The first-order chi connectivity index (χ1) is 14.5. The Kier molecular flexibility index (Phi) is 5.81. The van der Waals surface area contributed by atoms with Gasteiger partial charge in [0.2, 0.25) is 0 Å². The van der Waals surface area contributed by atoms with E-state index in [1.165, 1.54) is 6.07 Å². The van der Waals surface area contributed by atoms with Crippen molar-refractivity contribution in [1.82, 2.24) is 14.9 Å². The molecule has 0 aliphatic heterocycles. The van der Waals surface area contributed by atoms with E-state index in [2.05, 4.69) is 10.3 Å². The zero-order valence-electron chi connectivity index (χ0n) is 16.5. The SMILES string of the molecule is CCC(NC(=O)c1ccc2c(c1)ncn2Cc1ccc(Cl)cc1)c1ccccc1F. The minimum atomic E-state index is -0.392. The lowest BCUT2D eigenvalue weighted by Gasteiger charge is -2.18. The van der Waals surface area contributed by atoms with E-state index in [0.717, 1.165) is 16.6 Å². The lowest BCUT2D eigenvalue weighted by atomic mass is 10.0. The van der Waals surface area contributed by atoms with Gasteiger partial charge in [0.05, 0.1) is 23.4 Å². The van der Waals surface area contributed by atoms with Crippen molar-refractivity contribution in [2.45, 2.75) is 25.9 Å². The van der Waals surface area contributed by atoms with Crippen molar-refractivity contribution in [3.63, 3.8) is 0 Å². The molecule has 1 amide bonds. The highest BCUT2D eigenvalue weighted by Gasteiger charge is 2.18. The van der Waals surface area contributed by atoms with Crippen LogP contribution in [0.5, 0.6) is 0 Å². The predicted octanol–water partition coefficient (Wildman–Crippen LogP) is 5.76. The first kappa shape index (κ1) is 20.1. The van der Waals surface area contributed by atoms with Gasteiger partial charge >= 0.3 is 0 Å². The monoisotopic (exact) mass is 421 g/mol. The van der Waals surface area contributed by atoms with Crippen molar-refractivity contribution >= 4 is 28.5 Å². The first-order valence-corrected chi connectivity index (χ1v) is 10.2. The summed E-state index contributed by atoms with van der Waals surface area (Å²) in [5.74, 6) is -0.569. The van der Waals surface area contributed by atoms with Crippen molar-refractivity contribution in [1.29, 1.82) is 0 Å². The van der Waals surface area contributed by atoms with Gasteiger partial charge in [-0.15, -0.1) is 0 Å². The smallest absolute Gasteiger partial charge is 0.251 e. The molecular weight excluding hydrogens is 401 g/mol. The van der Waals surface area contributed by atoms with Crippen LogP contribution >= 0.6 is 11.6 Å². The van der Waals surface area contributed by atoms with Crippen LogP contribution in [0.1, 0.15) is 40.9 Å². The molecule has 4 nitrogen and oxygen atoms in total. The summed E-state index contributed by atoms with van der Waals surface area (Å²) in [7, 11) is 0. The summed E-state index contributed by atoms with van der Waals surface area (Å²) in [6, 6.07) is 19.2. The molecule has 1 heterocycles. The van der Waals surface area contributed by atoms with Gasteiger partial charge in [0.1, 0.15) is 5.82 Å². The van der Waals surface area contributed by atoms with E-state index >= 15 is 0 Å². The highest BCUT2D eigenvalue weighted by molar-refractivity contribution is 6.30. The molecule has 3 aromatic carbocycles. The Balaban J connectivity index is 1.54. The topological polar surface area (TPSA) is 46.9 Å². The number of imidazole rings is 1. The number of benzene rings is 3. The molecule has 0 aliphatic rings. The quantitative estimate of drug-likeness (QED) is 0.430. The van der Waals surface area contributed by atoms with Gasteiger partial charge in [0.15, 0.2) is 0 Å². The number of hydrogen-bond donors (Lipinski definition) is 1. The molecule has 0 bridgehead atoms. The second kappa shape index (κ2) is 8.67. The number of hydrogen-bond acceptors (Lipinski definition) is 2. The standard InChI is InChI=1S/C24H21ClFN3O/c1-2-21(19-5-3-4-6-20(19)26)28-24(30)17-9-12-23-22(13-17)27-15-29(23)14-16-7-10-18(25)11-8-16/h3-13,15,21H,2,14H2,1H3,(H,28,30). The summed E-state index contributed by atoms with van der Waals surface area (Å²) in [5, 5.41) is 3.63. The van der Waals surface area contributed by atoms with Crippen molar-refractivity contribution in [2.24, 2.45) is 0 Å². The van der Waals surface area contributed by atoms with E-state index in [4.69, 9.17) is 11.6 Å². The second-order valence-electron chi connectivity index (χ2n) is 7.16. The molecule has 152 valence electrons. The van der Waals surface area contributed by atoms with Crippen LogP contribution in [-0.4, -0.2) is 15.5 Å². The van der Waals surface area contributed by atoms with Crippen LogP contribution < -0.4 is 5.32 Å². The summed E-state index contributed by atoms with van der Waals surface area (Å²) >= 11 is 5.95. The molecule has 6 heteroatoms. The molecule has 0 aliphatic carbocycles. The fraction of sp³-hybridized carbons (Fsp3) is 0.167. The van der Waals surface area contributed by atoms with Gasteiger partial charge in [-0.3, -0.25) is 4.79 Å². The van der Waals surface area contributed by atoms with E-state index in [1.54, 1.807) is 36.7 Å². The molecule has 1 atom stereocenters. The number of fused-ring (bicyclic) bond motifs is 1. The van der Waals surface area contributed by atoms with Gasteiger partial charge in [-0.25, -0.2) is 9.37 Å². The average Bonchev–Trinajstić information content (AvgIpc) is 3.16. The summed E-state index contributed by atoms with van der Waals surface area (Å²) in [6.45, 7) is 2.57. The van der Waals surface area contributed by atoms with Gasteiger partial charge in [0.25, 0.3) is 5.91 Å². The molecule has 1 unspecified atom stereocenters. The van der Waals surface area contributed by atoms with Crippen molar-refractivity contribution in [3.8, 4) is 0 Å². The number of nitrogens with one attached hydrogen (secondary N) is 1. The zero-order chi connectivity index (χ0) is 21.1. The van der Waals surface area contributed by atoms with Gasteiger partial charge in [-0.1, -0.05) is 48.9 Å². The Bertz CT molecular complexity index is 1190. The van der Waals surface area contributed by atoms with E-state index < -0.39 is 6.04 Å². The molecule has 1 N–H and O–H groups in total. The largest absolute Gasteiger partial charge is 0.345 e. The number of halogens is 2. The minimum absolute atomic E-state index is 0.251. The van der Waals surface area contributed by atoms with E-state index in [-0.39, 0.29) is 11.7 Å². The second-order valence-corrected chi connectivity index (χ2v) is 7.59.